The van der Waals surface area contributed by atoms with E-state index < -0.39 is 17.1 Å². The maximum atomic E-state index is 13.1. The quantitative estimate of drug-likeness (QED) is 0.267. The molecule has 0 spiro atoms. The summed E-state index contributed by atoms with van der Waals surface area (Å²) >= 11 is 0. The number of amides is 2. The molecule has 2 aliphatic rings. The van der Waals surface area contributed by atoms with Gasteiger partial charge in [-0.2, -0.15) is 0 Å². The number of hydrogen-bond acceptors (Lipinski definition) is 5. The molecule has 0 unspecified atom stereocenters. The van der Waals surface area contributed by atoms with Gasteiger partial charge < -0.3 is 20.1 Å². The van der Waals surface area contributed by atoms with Crippen LogP contribution in [0.4, 0.5) is 15.8 Å². The van der Waals surface area contributed by atoms with Gasteiger partial charge in [0.1, 0.15) is 28.5 Å². The van der Waals surface area contributed by atoms with Crippen LogP contribution in [0.25, 0.3) is 10.9 Å². The van der Waals surface area contributed by atoms with Crippen molar-refractivity contribution in [2.75, 3.05) is 17.7 Å². The van der Waals surface area contributed by atoms with Gasteiger partial charge in [-0.15, -0.1) is 0 Å². The lowest BCUT2D eigenvalue weighted by Gasteiger charge is -2.16. The Bertz CT molecular complexity index is 1530. The molecular formula is C30H26FN3O4. The van der Waals surface area contributed by atoms with E-state index in [0.717, 1.165) is 29.5 Å². The number of carbonyl (C=O) groups is 2. The average molecular weight is 512 g/mol. The van der Waals surface area contributed by atoms with Gasteiger partial charge in [0.2, 0.25) is 11.8 Å². The Morgan fingerprint density at radius 1 is 0.895 bits per heavy atom. The zero-order valence-corrected chi connectivity index (χ0v) is 20.8. The molecule has 3 aromatic carbocycles. The van der Waals surface area contributed by atoms with Gasteiger partial charge in [-0.05, 0) is 97.8 Å². The average Bonchev–Trinajstić information content (AvgIpc) is 3.85. The number of fused-ring (bicyclic) bond motifs is 1. The van der Waals surface area contributed by atoms with Crippen LogP contribution in [0.3, 0.4) is 0 Å². The van der Waals surface area contributed by atoms with Crippen molar-refractivity contribution in [1.29, 1.82) is 0 Å². The van der Waals surface area contributed by atoms with E-state index in [-0.39, 0.29) is 5.91 Å². The summed E-state index contributed by atoms with van der Waals surface area (Å²) in [5, 5.41) is 6.47. The molecule has 2 fully saturated rings. The third kappa shape index (κ3) is 4.65. The molecule has 2 aliphatic carbocycles. The van der Waals surface area contributed by atoms with Crippen LogP contribution in [0, 0.1) is 11.2 Å². The fourth-order valence-electron chi connectivity index (χ4n) is 4.59. The Kier molecular flexibility index (Phi) is 5.94. The molecule has 0 atom stereocenters. The van der Waals surface area contributed by atoms with Crippen molar-refractivity contribution < 1.29 is 23.5 Å². The van der Waals surface area contributed by atoms with E-state index in [1.54, 1.807) is 37.6 Å². The zero-order valence-electron chi connectivity index (χ0n) is 20.8. The van der Waals surface area contributed by atoms with Crippen LogP contribution < -0.4 is 20.1 Å². The second kappa shape index (κ2) is 9.45. The highest BCUT2D eigenvalue weighted by Crippen LogP contribution is 2.48. The first-order valence-corrected chi connectivity index (χ1v) is 12.6. The van der Waals surface area contributed by atoms with E-state index in [9.17, 15) is 14.0 Å². The SMILES string of the molecule is COc1cc2nccc(Oc3ccc(NC(=O)C4(C(=O)Nc5ccc(F)cc5)CC4)cc3)c2cc1C1CC1. The van der Waals surface area contributed by atoms with Crippen molar-refractivity contribution in [1.82, 2.24) is 4.98 Å². The third-order valence-corrected chi connectivity index (χ3v) is 7.13. The van der Waals surface area contributed by atoms with E-state index in [1.165, 1.54) is 29.8 Å². The lowest BCUT2D eigenvalue weighted by molar-refractivity contribution is -0.131. The van der Waals surface area contributed by atoms with Gasteiger partial charge in [0.05, 0.1) is 12.6 Å². The van der Waals surface area contributed by atoms with Crippen LogP contribution in [-0.4, -0.2) is 23.9 Å². The topological polar surface area (TPSA) is 89.6 Å². The minimum absolute atomic E-state index is 0.368. The first-order valence-electron chi connectivity index (χ1n) is 12.6. The number of ether oxygens (including phenoxy) is 2. The van der Waals surface area contributed by atoms with Crippen LogP contribution in [0.5, 0.6) is 17.2 Å². The number of hydrogen-bond donors (Lipinski definition) is 2. The molecule has 2 saturated carbocycles. The lowest BCUT2D eigenvalue weighted by atomic mass is 10.0. The van der Waals surface area contributed by atoms with Gasteiger partial charge in [0, 0.05) is 29.0 Å². The Balaban J connectivity index is 1.14. The summed E-state index contributed by atoms with van der Waals surface area (Å²) in [4.78, 5) is 30.2. The monoisotopic (exact) mass is 511 g/mol. The third-order valence-electron chi connectivity index (χ3n) is 7.13. The van der Waals surface area contributed by atoms with Crippen LogP contribution in [0.15, 0.2) is 72.9 Å². The van der Waals surface area contributed by atoms with Crippen molar-refractivity contribution in [2.24, 2.45) is 5.41 Å². The van der Waals surface area contributed by atoms with Crippen LogP contribution in [-0.2, 0) is 9.59 Å². The molecule has 6 rings (SSSR count). The first kappa shape index (κ1) is 23.9. The molecule has 8 heteroatoms. The Morgan fingerprint density at radius 3 is 2.11 bits per heavy atom. The Morgan fingerprint density at radius 2 is 1.53 bits per heavy atom. The van der Waals surface area contributed by atoms with E-state index in [2.05, 4.69) is 21.7 Å². The number of pyridine rings is 1. The Labute approximate surface area is 219 Å². The molecule has 0 aliphatic heterocycles. The number of carbonyl (C=O) groups excluding carboxylic acids is 2. The molecule has 192 valence electrons. The summed E-state index contributed by atoms with van der Waals surface area (Å²) in [5.41, 5.74) is 1.85. The maximum Gasteiger partial charge on any atom is 0.240 e. The fourth-order valence-corrected chi connectivity index (χ4v) is 4.59. The smallest absolute Gasteiger partial charge is 0.240 e. The van der Waals surface area contributed by atoms with Gasteiger partial charge in [-0.3, -0.25) is 14.6 Å². The summed E-state index contributed by atoms with van der Waals surface area (Å²) in [6.07, 6.45) is 4.92. The Hall–Kier alpha value is -4.46. The van der Waals surface area contributed by atoms with Crippen molar-refractivity contribution in [2.45, 2.75) is 31.6 Å². The number of aromatic nitrogens is 1. The standard InChI is InChI=1S/C30H26FN3O4/c1-37-27-17-25-24(16-23(27)18-2-3-18)26(12-15-32-25)38-22-10-8-21(9-11-22)34-29(36)30(13-14-30)28(35)33-20-6-4-19(31)5-7-20/h4-12,15-18H,2-3,13-14H2,1H3,(H,33,35)(H,34,36). The predicted molar refractivity (Wildman–Crippen MR) is 142 cm³/mol. The highest BCUT2D eigenvalue weighted by molar-refractivity contribution is 6.16. The normalized spacial score (nSPS) is 15.5. The molecule has 0 bridgehead atoms. The number of methoxy groups -OCH3 is 1. The second-order valence-corrected chi connectivity index (χ2v) is 9.82. The molecule has 4 aromatic rings. The van der Waals surface area contributed by atoms with E-state index in [1.807, 2.05) is 12.1 Å². The number of rotatable bonds is 8. The summed E-state index contributed by atoms with van der Waals surface area (Å²) in [5.74, 6) is 1.50. The van der Waals surface area contributed by atoms with E-state index in [0.29, 0.717) is 41.6 Å². The molecule has 2 N–H and O–H groups in total. The lowest BCUT2D eigenvalue weighted by Crippen LogP contribution is -2.35. The van der Waals surface area contributed by atoms with Crippen molar-refractivity contribution in [3.63, 3.8) is 0 Å². The first-order chi connectivity index (χ1) is 18.4. The number of benzene rings is 3. The number of anilines is 2. The van der Waals surface area contributed by atoms with Crippen LogP contribution in [0.2, 0.25) is 0 Å². The zero-order chi connectivity index (χ0) is 26.3. The van der Waals surface area contributed by atoms with Gasteiger partial charge in [-0.25, -0.2) is 4.39 Å². The van der Waals surface area contributed by atoms with Crippen molar-refractivity contribution in [3.05, 3.63) is 84.3 Å². The van der Waals surface area contributed by atoms with Gasteiger partial charge >= 0.3 is 0 Å². The van der Waals surface area contributed by atoms with E-state index >= 15 is 0 Å². The largest absolute Gasteiger partial charge is 0.496 e. The summed E-state index contributed by atoms with van der Waals surface area (Å²) in [6.45, 7) is 0. The molecule has 1 aromatic heterocycles. The van der Waals surface area contributed by atoms with Gasteiger partial charge in [0.15, 0.2) is 0 Å². The predicted octanol–water partition coefficient (Wildman–Crippen LogP) is 6.41. The van der Waals surface area contributed by atoms with Crippen molar-refractivity contribution in [3.8, 4) is 17.2 Å². The molecule has 38 heavy (non-hydrogen) atoms. The summed E-state index contributed by atoms with van der Waals surface area (Å²) in [6, 6.07) is 18.4. The summed E-state index contributed by atoms with van der Waals surface area (Å²) < 4.78 is 24.9. The second-order valence-electron chi connectivity index (χ2n) is 9.82. The molecule has 0 saturated heterocycles. The molecule has 1 heterocycles. The fraction of sp³-hybridized carbons (Fsp3) is 0.233. The highest BCUT2D eigenvalue weighted by Gasteiger charge is 2.56. The maximum absolute atomic E-state index is 13.1. The highest BCUT2D eigenvalue weighted by atomic mass is 19.1. The molecule has 7 nitrogen and oxygen atoms in total. The molecule has 2 amide bonds. The van der Waals surface area contributed by atoms with Gasteiger partial charge in [0.25, 0.3) is 0 Å². The number of nitrogens with zero attached hydrogens (tertiary/aromatic N) is 1. The number of nitrogens with one attached hydrogen (secondary N) is 2. The molecular weight excluding hydrogens is 485 g/mol. The van der Waals surface area contributed by atoms with Crippen LogP contribution >= 0.6 is 0 Å². The minimum atomic E-state index is -1.13. The van der Waals surface area contributed by atoms with E-state index in [4.69, 9.17) is 9.47 Å². The minimum Gasteiger partial charge on any atom is -0.496 e. The van der Waals surface area contributed by atoms with Crippen LogP contribution in [0.1, 0.15) is 37.2 Å². The summed E-state index contributed by atoms with van der Waals surface area (Å²) in [7, 11) is 1.68. The van der Waals surface area contributed by atoms with Gasteiger partial charge in [-0.1, -0.05) is 0 Å². The molecule has 0 radical (unpaired) electrons. The number of halogens is 1. The van der Waals surface area contributed by atoms with Crippen molar-refractivity contribution >= 4 is 34.1 Å².